The van der Waals surface area contributed by atoms with Crippen molar-refractivity contribution in [2.75, 3.05) is 12.3 Å². The second-order valence-electron chi connectivity index (χ2n) is 5.30. The number of carbonyl (C=O) groups excluding carboxylic acids is 1. The molecule has 0 aliphatic carbocycles. The van der Waals surface area contributed by atoms with E-state index in [-0.39, 0.29) is 11.9 Å². The van der Waals surface area contributed by atoms with Gasteiger partial charge in [-0.1, -0.05) is 19.4 Å². The van der Waals surface area contributed by atoms with Gasteiger partial charge in [-0.05, 0) is 44.4 Å². The Bertz CT molecular complexity index is 430. The van der Waals surface area contributed by atoms with Gasteiger partial charge in [-0.25, -0.2) is 0 Å². The van der Waals surface area contributed by atoms with Gasteiger partial charge < -0.3 is 15.8 Å². The van der Waals surface area contributed by atoms with Crippen molar-refractivity contribution in [3.63, 3.8) is 0 Å². The molecule has 0 saturated carbocycles. The average Bonchev–Trinajstić information content (AvgIpc) is 2.38. The molecule has 1 amide bonds. The maximum Gasteiger partial charge on any atom is 0.220 e. The average molecular weight is 278 g/mol. The standard InChI is InChI=1S/C16H26N2O2/c1-4-5-10-20-15-8-6-13(11-14(15)17)7-9-16(19)18-12(2)3/h6,8,11-12H,4-5,7,9-10,17H2,1-3H3,(H,18,19). The van der Waals surface area contributed by atoms with Crippen LogP contribution in [0.25, 0.3) is 0 Å². The smallest absolute Gasteiger partial charge is 0.220 e. The van der Waals surface area contributed by atoms with E-state index >= 15 is 0 Å². The lowest BCUT2D eigenvalue weighted by atomic mass is 10.1. The zero-order chi connectivity index (χ0) is 15.0. The molecule has 0 unspecified atom stereocenters. The summed E-state index contributed by atoms with van der Waals surface area (Å²) in [7, 11) is 0. The lowest BCUT2D eigenvalue weighted by molar-refractivity contribution is -0.121. The molecule has 0 aliphatic rings. The molecule has 4 nitrogen and oxygen atoms in total. The first-order chi connectivity index (χ1) is 9.52. The van der Waals surface area contributed by atoms with E-state index in [0.717, 1.165) is 24.2 Å². The molecule has 1 rings (SSSR count). The molecule has 0 heterocycles. The Kier molecular flexibility index (Phi) is 6.91. The van der Waals surface area contributed by atoms with Crippen LogP contribution in [0.5, 0.6) is 5.75 Å². The van der Waals surface area contributed by atoms with Gasteiger partial charge in [0.05, 0.1) is 12.3 Å². The largest absolute Gasteiger partial charge is 0.491 e. The molecule has 3 N–H and O–H groups in total. The summed E-state index contributed by atoms with van der Waals surface area (Å²) in [5.41, 5.74) is 7.67. The highest BCUT2D eigenvalue weighted by atomic mass is 16.5. The van der Waals surface area contributed by atoms with Crippen LogP contribution < -0.4 is 15.8 Å². The molecule has 0 aromatic heterocycles. The Labute approximate surface area is 121 Å². The quantitative estimate of drug-likeness (QED) is 0.567. The van der Waals surface area contributed by atoms with Gasteiger partial charge in [0, 0.05) is 12.5 Å². The Morgan fingerprint density at radius 3 is 2.75 bits per heavy atom. The van der Waals surface area contributed by atoms with Gasteiger partial charge in [0.15, 0.2) is 0 Å². The monoisotopic (exact) mass is 278 g/mol. The maximum atomic E-state index is 11.6. The minimum Gasteiger partial charge on any atom is -0.491 e. The van der Waals surface area contributed by atoms with Crippen molar-refractivity contribution in [1.82, 2.24) is 5.32 Å². The van der Waals surface area contributed by atoms with Gasteiger partial charge in [0.1, 0.15) is 5.75 Å². The van der Waals surface area contributed by atoms with E-state index in [0.29, 0.717) is 25.1 Å². The van der Waals surface area contributed by atoms with Crippen molar-refractivity contribution < 1.29 is 9.53 Å². The maximum absolute atomic E-state index is 11.6. The molecule has 1 aromatic rings. The molecular weight excluding hydrogens is 252 g/mol. The number of nitrogen functional groups attached to an aromatic ring is 1. The fraction of sp³-hybridized carbons (Fsp3) is 0.562. The fourth-order valence-electron chi connectivity index (χ4n) is 1.86. The number of aryl methyl sites for hydroxylation is 1. The van der Waals surface area contributed by atoms with E-state index in [4.69, 9.17) is 10.5 Å². The summed E-state index contributed by atoms with van der Waals surface area (Å²) in [6, 6.07) is 5.94. The molecule has 4 heteroatoms. The SMILES string of the molecule is CCCCOc1ccc(CCC(=O)NC(C)C)cc1N. The van der Waals surface area contributed by atoms with Crippen molar-refractivity contribution in [2.24, 2.45) is 0 Å². The van der Waals surface area contributed by atoms with Gasteiger partial charge in [-0.3, -0.25) is 4.79 Å². The van der Waals surface area contributed by atoms with E-state index in [2.05, 4.69) is 12.2 Å². The van der Waals surface area contributed by atoms with Crippen LogP contribution in [0.15, 0.2) is 18.2 Å². The normalized spacial score (nSPS) is 10.6. The summed E-state index contributed by atoms with van der Waals surface area (Å²) in [6.45, 7) is 6.73. The number of rotatable bonds is 8. The van der Waals surface area contributed by atoms with Gasteiger partial charge in [0.25, 0.3) is 0 Å². The van der Waals surface area contributed by atoms with Crippen LogP contribution in [0.4, 0.5) is 5.69 Å². The molecule has 0 spiro atoms. The Morgan fingerprint density at radius 2 is 2.15 bits per heavy atom. The minimum atomic E-state index is 0.0712. The number of benzene rings is 1. The summed E-state index contributed by atoms with van der Waals surface area (Å²) in [4.78, 5) is 11.6. The summed E-state index contributed by atoms with van der Waals surface area (Å²) >= 11 is 0. The van der Waals surface area contributed by atoms with Crippen LogP contribution in [0.1, 0.15) is 45.6 Å². The molecule has 0 saturated heterocycles. The molecule has 0 bridgehead atoms. The van der Waals surface area contributed by atoms with Crippen molar-refractivity contribution in [1.29, 1.82) is 0 Å². The number of nitrogens with one attached hydrogen (secondary N) is 1. The number of ether oxygens (including phenoxy) is 1. The van der Waals surface area contributed by atoms with Crippen molar-refractivity contribution in [2.45, 2.75) is 52.5 Å². The Balaban J connectivity index is 2.48. The van der Waals surface area contributed by atoms with Gasteiger partial charge >= 0.3 is 0 Å². The molecule has 0 aliphatic heterocycles. The third-order valence-electron chi connectivity index (χ3n) is 2.92. The van der Waals surface area contributed by atoms with E-state index in [1.54, 1.807) is 0 Å². The molecule has 0 radical (unpaired) electrons. The summed E-state index contributed by atoms with van der Waals surface area (Å²) in [5.74, 6) is 0.802. The topological polar surface area (TPSA) is 64.3 Å². The van der Waals surface area contributed by atoms with Crippen molar-refractivity contribution in [3.8, 4) is 5.75 Å². The number of anilines is 1. The number of carbonyl (C=O) groups is 1. The highest BCUT2D eigenvalue weighted by Gasteiger charge is 2.06. The van der Waals surface area contributed by atoms with Crippen LogP contribution in [0.3, 0.4) is 0 Å². The zero-order valence-electron chi connectivity index (χ0n) is 12.7. The van der Waals surface area contributed by atoms with Crippen molar-refractivity contribution in [3.05, 3.63) is 23.8 Å². The number of unbranched alkanes of at least 4 members (excludes halogenated alkanes) is 1. The highest BCUT2D eigenvalue weighted by Crippen LogP contribution is 2.23. The Morgan fingerprint density at radius 1 is 1.40 bits per heavy atom. The van der Waals surface area contributed by atoms with Gasteiger partial charge in [-0.2, -0.15) is 0 Å². The van der Waals surface area contributed by atoms with E-state index in [1.165, 1.54) is 0 Å². The van der Waals surface area contributed by atoms with E-state index < -0.39 is 0 Å². The molecule has 0 fully saturated rings. The molecular formula is C16H26N2O2. The number of nitrogens with two attached hydrogens (primary N) is 1. The summed E-state index contributed by atoms with van der Waals surface area (Å²) < 4.78 is 5.61. The second kappa shape index (κ2) is 8.46. The van der Waals surface area contributed by atoms with Crippen LogP contribution in [-0.2, 0) is 11.2 Å². The summed E-state index contributed by atoms with van der Waals surface area (Å²) in [5, 5.41) is 2.88. The second-order valence-corrected chi connectivity index (χ2v) is 5.30. The first-order valence-corrected chi connectivity index (χ1v) is 7.33. The first kappa shape index (κ1) is 16.3. The number of hydrogen-bond acceptors (Lipinski definition) is 3. The number of amides is 1. The molecule has 112 valence electrons. The lowest BCUT2D eigenvalue weighted by Crippen LogP contribution is -2.30. The van der Waals surface area contributed by atoms with Crippen LogP contribution in [0.2, 0.25) is 0 Å². The predicted octanol–water partition coefficient (Wildman–Crippen LogP) is 2.90. The first-order valence-electron chi connectivity index (χ1n) is 7.33. The number of hydrogen-bond donors (Lipinski definition) is 2. The molecule has 20 heavy (non-hydrogen) atoms. The fourth-order valence-corrected chi connectivity index (χ4v) is 1.86. The summed E-state index contributed by atoms with van der Waals surface area (Å²) in [6.07, 6.45) is 3.30. The highest BCUT2D eigenvalue weighted by molar-refractivity contribution is 5.76. The molecule has 1 aromatic carbocycles. The van der Waals surface area contributed by atoms with E-state index in [9.17, 15) is 4.79 Å². The van der Waals surface area contributed by atoms with Crippen LogP contribution in [-0.4, -0.2) is 18.6 Å². The zero-order valence-corrected chi connectivity index (χ0v) is 12.7. The predicted molar refractivity (Wildman–Crippen MR) is 82.9 cm³/mol. The van der Waals surface area contributed by atoms with Crippen molar-refractivity contribution >= 4 is 11.6 Å². The van der Waals surface area contributed by atoms with Crippen LogP contribution >= 0.6 is 0 Å². The van der Waals surface area contributed by atoms with Gasteiger partial charge in [0.2, 0.25) is 5.91 Å². The Hall–Kier alpha value is -1.71. The van der Waals surface area contributed by atoms with E-state index in [1.807, 2.05) is 32.0 Å². The third kappa shape index (κ3) is 5.95. The molecule has 0 atom stereocenters. The van der Waals surface area contributed by atoms with Crippen LogP contribution in [0, 0.1) is 0 Å². The van der Waals surface area contributed by atoms with Gasteiger partial charge in [-0.15, -0.1) is 0 Å². The third-order valence-corrected chi connectivity index (χ3v) is 2.92. The minimum absolute atomic E-state index is 0.0712. The lowest BCUT2D eigenvalue weighted by Gasteiger charge is -2.11.